The van der Waals surface area contributed by atoms with Crippen LogP contribution in [0.5, 0.6) is 11.5 Å². The van der Waals surface area contributed by atoms with E-state index in [1.807, 2.05) is 50.2 Å². The number of aliphatic hydroxyl groups is 1. The molecule has 0 bridgehead atoms. The van der Waals surface area contributed by atoms with E-state index in [0.29, 0.717) is 49.7 Å². The molecule has 8 nitrogen and oxygen atoms in total. The van der Waals surface area contributed by atoms with Crippen LogP contribution in [-0.4, -0.2) is 78.7 Å². The van der Waals surface area contributed by atoms with Crippen molar-refractivity contribution < 1.29 is 28.9 Å². The van der Waals surface area contributed by atoms with Crippen molar-refractivity contribution in [3.8, 4) is 11.5 Å². The number of Topliss-reactive ketones (excluding diaryl/α,β-unsaturated/α-hetero) is 1. The number of carbonyl (C=O) groups excluding carboxylic acids is 2. The Balaban J connectivity index is 1.52. The number of fused-ring (bicyclic) bond motifs is 1. The van der Waals surface area contributed by atoms with E-state index in [1.165, 1.54) is 0 Å². The Morgan fingerprint density at radius 3 is 2.68 bits per heavy atom. The Kier molecular flexibility index (Phi) is 7.48. The highest BCUT2D eigenvalue weighted by Crippen LogP contribution is 2.43. The van der Waals surface area contributed by atoms with Crippen molar-refractivity contribution in [3.63, 3.8) is 0 Å². The molecule has 8 heteroatoms. The SMILES string of the molecule is CCOc1ccccc1C1C(=C(O)c2ccc3c(c2)CC(C)O3)C(=O)C(=O)N1CCCN1CCOCC1. The van der Waals surface area contributed by atoms with Crippen LogP contribution in [0.3, 0.4) is 0 Å². The second-order valence-electron chi connectivity index (χ2n) is 9.73. The first kappa shape index (κ1) is 25.3. The van der Waals surface area contributed by atoms with Crippen LogP contribution in [0.2, 0.25) is 0 Å². The van der Waals surface area contributed by atoms with Crippen LogP contribution in [0.1, 0.15) is 43.0 Å². The van der Waals surface area contributed by atoms with E-state index in [1.54, 1.807) is 11.0 Å². The average molecular weight is 507 g/mol. The fourth-order valence-corrected chi connectivity index (χ4v) is 5.44. The molecule has 0 aliphatic carbocycles. The molecule has 1 N–H and O–H groups in total. The van der Waals surface area contributed by atoms with Gasteiger partial charge in [0.05, 0.1) is 31.4 Å². The number of hydrogen-bond donors (Lipinski definition) is 1. The Morgan fingerprint density at radius 1 is 1.11 bits per heavy atom. The molecular weight excluding hydrogens is 472 g/mol. The average Bonchev–Trinajstić information content (AvgIpc) is 3.40. The molecule has 2 aromatic rings. The predicted octanol–water partition coefficient (Wildman–Crippen LogP) is 3.55. The minimum atomic E-state index is -0.740. The van der Waals surface area contributed by atoms with Crippen LogP contribution >= 0.6 is 0 Å². The van der Waals surface area contributed by atoms with E-state index in [4.69, 9.17) is 14.2 Å². The van der Waals surface area contributed by atoms with Crippen LogP contribution in [-0.2, 0) is 20.7 Å². The van der Waals surface area contributed by atoms with Gasteiger partial charge in [0, 0.05) is 43.7 Å². The third kappa shape index (κ3) is 5.08. The van der Waals surface area contributed by atoms with Crippen molar-refractivity contribution in [2.75, 3.05) is 46.0 Å². The molecule has 1 amide bonds. The molecule has 0 spiro atoms. The minimum Gasteiger partial charge on any atom is -0.507 e. The number of hydrogen-bond acceptors (Lipinski definition) is 7. The van der Waals surface area contributed by atoms with E-state index in [0.717, 1.165) is 37.4 Å². The van der Waals surface area contributed by atoms with E-state index in [-0.39, 0.29) is 17.4 Å². The van der Waals surface area contributed by atoms with Gasteiger partial charge in [0.25, 0.3) is 11.7 Å². The lowest BCUT2D eigenvalue weighted by Crippen LogP contribution is -2.39. The Morgan fingerprint density at radius 2 is 1.89 bits per heavy atom. The molecule has 2 atom stereocenters. The van der Waals surface area contributed by atoms with E-state index < -0.39 is 17.7 Å². The van der Waals surface area contributed by atoms with Crippen molar-refractivity contribution in [1.82, 2.24) is 9.80 Å². The molecule has 0 aromatic heterocycles. The zero-order chi connectivity index (χ0) is 25.9. The number of carbonyl (C=O) groups is 2. The summed E-state index contributed by atoms with van der Waals surface area (Å²) in [5.74, 6) is -0.0704. The third-order valence-electron chi connectivity index (χ3n) is 7.20. The number of amides is 1. The van der Waals surface area contributed by atoms with Crippen molar-refractivity contribution in [3.05, 3.63) is 64.7 Å². The summed E-state index contributed by atoms with van der Waals surface area (Å²) in [6.07, 6.45) is 1.49. The lowest BCUT2D eigenvalue weighted by Gasteiger charge is -2.29. The van der Waals surface area contributed by atoms with Gasteiger partial charge in [-0.3, -0.25) is 14.5 Å². The number of rotatable bonds is 8. The van der Waals surface area contributed by atoms with Crippen molar-refractivity contribution in [1.29, 1.82) is 0 Å². The van der Waals surface area contributed by atoms with Gasteiger partial charge in [-0.15, -0.1) is 0 Å². The Bertz CT molecular complexity index is 1200. The van der Waals surface area contributed by atoms with Gasteiger partial charge in [-0.1, -0.05) is 18.2 Å². The molecule has 3 aliphatic rings. The minimum absolute atomic E-state index is 0.0579. The number of ketones is 1. The zero-order valence-electron chi connectivity index (χ0n) is 21.4. The molecule has 2 saturated heterocycles. The van der Waals surface area contributed by atoms with E-state index >= 15 is 0 Å². The summed E-state index contributed by atoms with van der Waals surface area (Å²) >= 11 is 0. The number of aliphatic hydroxyl groups excluding tert-OH is 1. The molecule has 3 heterocycles. The fourth-order valence-electron chi connectivity index (χ4n) is 5.44. The summed E-state index contributed by atoms with van der Waals surface area (Å²) in [4.78, 5) is 30.7. The zero-order valence-corrected chi connectivity index (χ0v) is 21.4. The van der Waals surface area contributed by atoms with Gasteiger partial charge >= 0.3 is 0 Å². The molecule has 37 heavy (non-hydrogen) atoms. The highest BCUT2D eigenvalue weighted by Gasteiger charge is 2.47. The Hall–Kier alpha value is -3.36. The molecule has 196 valence electrons. The lowest BCUT2D eigenvalue weighted by atomic mass is 9.94. The summed E-state index contributed by atoms with van der Waals surface area (Å²) in [6.45, 7) is 8.64. The highest BCUT2D eigenvalue weighted by atomic mass is 16.5. The van der Waals surface area contributed by atoms with Crippen LogP contribution < -0.4 is 9.47 Å². The molecule has 2 unspecified atom stereocenters. The van der Waals surface area contributed by atoms with Crippen molar-refractivity contribution in [2.24, 2.45) is 0 Å². The van der Waals surface area contributed by atoms with Crippen LogP contribution in [0, 0.1) is 0 Å². The van der Waals surface area contributed by atoms with E-state index in [9.17, 15) is 14.7 Å². The summed E-state index contributed by atoms with van der Waals surface area (Å²) in [6, 6.07) is 12.1. The van der Waals surface area contributed by atoms with Crippen LogP contribution in [0.4, 0.5) is 0 Å². The summed E-state index contributed by atoms with van der Waals surface area (Å²) in [5, 5.41) is 11.5. The molecule has 2 fully saturated rings. The standard InChI is InChI=1S/C29H34N2O6/c1-3-36-24-8-5-4-7-22(24)26-25(27(32)20-9-10-23-21(18-20)17-19(2)37-23)28(33)29(34)31(26)12-6-11-30-13-15-35-16-14-30/h4-5,7-10,18-19,26,32H,3,6,11-17H2,1-2H3. The molecule has 0 saturated carbocycles. The summed E-state index contributed by atoms with van der Waals surface area (Å²) in [7, 11) is 0. The third-order valence-corrected chi connectivity index (χ3v) is 7.20. The second kappa shape index (κ2) is 10.9. The Labute approximate surface area is 217 Å². The van der Waals surface area contributed by atoms with Gasteiger partial charge in [-0.05, 0) is 50.1 Å². The van der Waals surface area contributed by atoms with Gasteiger partial charge in [0.15, 0.2) is 0 Å². The largest absolute Gasteiger partial charge is 0.507 e. The number of ether oxygens (including phenoxy) is 3. The molecule has 5 rings (SSSR count). The fraction of sp³-hybridized carbons (Fsp3) is 0.448. The quantitative estimate of drug-likeness (QED) is 0.333. The van der Waals surface area contributed by atoms with Gasteiger partial charge in [0.1, 0.15) is 23.4 Å². The maximum atomic E-state index is 13.4. The number of morpholine rings is 1. The van der Waals surface area contributed by atoms with Crippen LogP contribution in [0.25, 0.3) is 5.76 Å². The molecule has 2 aromatic carbocycles. The van der Waals surface area contributed by atoms with Gasteiger partial charge < -0.3 is 24.2 Å². The molecule has 0 radical (unpaired) electrons. The topological polar surface area (TPSA) is 88.5 Å². The van der Waals surface area contributed by atoms with Gasteiger partial charge in [-0.25, -0.2) is 0 Å². The van der Waals surface area contributed by atoms with Crippen molar-refractivity contribution in [2.45, 2.75) is 38.8 Å². The summed E-state index contributed by atoms with van der Waals surface area (Å²) < 4.78 is 17.1. The van der Waals surface area contributed by atoms with Crippen molar-refractivity contribution >= 4 is 17.4 Å². The normalized spacial score (nSPS) is 23.2. The summed E-state index contributed by atoms with van der Waals surface area (Å²) in [5.41, 5.74) is 2.26. The first-order valence-corrected chi connectivity index (χ1v) is 13.1. The van der Waals surface area contributed by atoms with Crippen LogP contribution in [0.15, 0.2) is 48.0 Å². The molecule has 3 aliphatic heterocycles. The second-order valence-corrected chi connectivity index (χ2v) is 9.73. The number of nitrogens with zero attached hydrogens (tertiary/aromatic N) is 2. The molecular formula is C29H34N2O6. The monoisotopic (exact) mass is 506 g/mol. The van der Waals surface area contributed by atoms with E-state index in [2.05, 4.69) is 4.90 Å². The first-order valence-electron chi connectivity index (χ1n) is 13.1. The number of benzene rings is 2. The first-order chi connectivity index (χ1) is 18.0. The highest BCUT2D eigenvalue weighted by molar-refractivity contribution is 6.46. The number of likely N-dealkylation sites (tertiary alicyclic amines) is 1. The number of para-hydroxylation sites is 1. The smallest absolute Gasteiger partial charge is 0.295 e. The lowest BCUT2D eigenvalue weighted by molar-refractivity contribution is -0.140. The maximum Gasteiger partial charge on any atom is 0.295 e. The van der Waals surface area contributed by atoms with Gasteiger partial charge in [-0.2, -0.15) is 0 Å². The van der Waals surface area contributed by atoms with Gasteiger partial charge in [0.2, 0.25) is 0 Å². The predicted molar refractivity (Wildman–Crippen MR) is 139 cm³/mol. The maximum absolute atomic E-state index is 13.4.